The van der Waals surface area contributed by atoms with Gasteiger partial charge in [0.1, 0.15) is 11.6 Å². The average molecular weight is 323 g/mol. The first-order chi connectivity index (χ1) is 10.5. The number of aromatic nitrogens is 2. The quantitative estimate of drug-likeness (QED) is 0.857. The molecule has 0 bridgehead atoms. The van der Waals surface area contributed by atoms with E-state index in [0.29, 0.717) is 17.0 Å². The molecule has 8 heteroatoms. The topological polar surface area (TPSA) is 64.0 Å². The number of rotatable bonds is 2. The molecule has 1 aliphatic heterocycles. The Morgan fingerprint density at radius 2 is 2.18 bits per heavy atom. The molecule has 22 heavy (non-hydrogen) atoms. The van der Waals surface area contributed by atoms with Crippen molar-refractivity contribution in [1.82, 2.24) is 9.55 Å². The van der Waals surface area contributed by atoms with Crippen molar-refractivity contribution in [3.05, 3.63) is 52.5 Å². The van der Waals surface area contributed by atoms with E-state index in [2.05, 4.69) is 10.3 Å². The van der Waals surface area contributed by atoms with Crippen molar-refractivity contribution in [3.8, 4) is 0 Å². The minimum Gasteiger partial charge on any atom is -0.323 e. The Bertz CT molecular complexity index is 794. The Kier molecular flexibility index (Phi) is 3.93. The molecule has 1 amide bonds. The number of hydrogen-bond donors (Lipinski definition) is 1. The first kappa shape index (κ1) is 14.7. The van der Waals surface area contributed by atoms with Gasteiger partial charge in [-0.25, -0.2) is 13.8 Å². The second kappa shape index (κ2) is 5.88. The third kappa shape index (κ3) is 2.87. The number of fused-ring (bicyclic) bond motifs is 1. The zero-order valence-electron chi connectivity index (χ0n) is 11.3. The summed E-state index contributed by atoms with van der Waals surface area (Å²) in [6.45, 7) is 0.184. The summed E-state index contributed by atoms with van der Waals surface area (Å²) in [6, 6.07) is 4.26. The average Bonchev–Trinajstić information content (AvgIpc) is 2.50. The maximum Gasteiger partial charge on any atom is 0.254 e. The van der Waals surface area contributed by atoms with Gasteiger partial charge in [-0.05, 0) is 12.1 Å². The third-order valence-corrected chi connectivity index (χ3v) is 4.43. The Morgan fingerprint density at radius 3 is 2.95 bits per heavy atom. The molecule has 1 aliphatic rings. The number of halogens is 2. The van der Waals surface area contributed by atoms with Gasteiger partial charge in [-0.2, -0.15) is 0 Å². The lowest BCUT2D eigenvalue weighted by Gasteiger charge is -2.23. The van der Waals surface area contributed by atoms with Crippen LogP contribution in [0.25, 0.3) is 0 Å². The van der Waals surface area contributed by atoms with E-state index in [-0.39, 0.29) is 17.8 Å². The lowest BCUT2D eigenvalue weighted by atomic mass is 10.1. The molecule has 1 aromatic heterocycles. The molecule has 0 radical (unpaired) electrons. The highest BCUT2D eigenvalue weighted by Gasteiger charge is 2.27. The van der Waals surface area contributed by atoms with Crippen LogP contribution in [0, 0.1) is 17.6 Å². The molecular formula is C14H11F2N3O2S. The van der Waals surface area contributed by atoms with E-state index in [0.717, 1.165) is 6.07 Å². The predicted molar refractivity (Wildman–Crippen MR) is 77.7 cm³/mol. The van der Waals surface area contributed by atoms with Gasteiger partial charge in [-0.1, -0.05) is 11.8 Å². The minimum absolute atomic E-state index is 0.0827. The van der Waals surface area contributed by atoms with E-state index in [1.54, 1.807) is 0 Å². The molecular weight excluding hydrogens is 312 g/mol. The van der Waals surface area contributed by atoms with Crippen LogP contribution in [0.2, 0.25) is 0 Å². The molecule has 0 aliphatic carbocycles. The number of nitrogens with one attached hydrogen (secondary N) is 1. The maximum atomic E-state index is 13.6. The van der Waals surface area contributed by atoms with Crippen LogP contribution < -0.4 is 10.9 Å². The highest BCUT2D eigenvalue weighted by molar-refractivity contribution is 7.99. The normalized spacial score (nSPS) is 16.9. The second-order valence-electron chi connectivity index (χ2n) is 4.80. The Morgan fingerprint density at radius 1 is 1.36 bits per heavy atom. The maximum absolute atomic E-state index is 13.6. The number of hydrogen-bond acceptors (Lipinski definition) is 4. The van der Waals surface area contributed by atoms with Crippen LogP contribution in [0.5, 0.6) is 0 Å². The van der Waals surface area contributed by atoms with E-state index in [4.69, 9.17) is 0 Å². The van der Waals surface area contributed by atoms with Crippen LogP contribution in [-0.2, 0) is 11.3 Å². The van der Waals surface area contributed by atoms with Crippen molar-refractivity contribution in [2.75, 3.05) is 11.1 Å². The van der Waals surface area contributed by atoms with Crippen molar-refractivity contribution < 1.29 is 13.6 Å². The van der Waals surface area contributed by atoms with Gasteiger partial charge in [0.25, 0.3) is 5.56 Å². The third-order valence-electron chi connectivity index (χ3n) is 3.28. The van der Waals surface area contributed by atoms with Crippen molar-refractivity contribution in [2.45, 2.75) is 11.7 Å². The number of benzene rings is 1. The first-order valence-electron chi connectivity index (χ1n) is 6.49. The number of amides is 1. The Balaban J connectivity index is 1.77. The summed E-state index contributed by atoms with van der Waals surface area (Å²) in [7, 11) is 0. The molecule has 5 nitrogen and oxygen atoms in total. The van der Waals surface area contributed by atoms with Crippen LogP contribution in [0.15, 0.2) is 40.4 Å². The van der Waals surface area contributed by atoms with Crippen molar-refractivity contribution in [1.29, 1.82) is 0 Å². The van der Waals surface area contributed by atoms with Gasteiger partial charge in [0, 0.05) is 30.6 Å². The molecule has 1 N–H and O–H groups in total. The van der Waals surface area contributed by atoms with Gasteiger partial charge < -0.3 is 5.32 Å². The Hall–Kier alpha value is -2.22. The van der Waals surface area contributed by atoms with E-state index in [1.807, 2.05) is 0 Å². The molecule has 1 atom stereocenters. The van der Waals surface area contributed by atoms with Crippen LogP contribution in [0.3, 0.4) is 0 Å². The standard InChI is InChI=1S/C14H11F2N3O2S/c15-9-1-2-11(10(16)5-9)18-13(21)8-6-19-12(20)3-4-17-14(19)22-7-8/h1-5,8H,6-7H2,(H,18,21). The molecule has 0 saturated heterocycles. The summed E-state index contributed by atoms with van der Waals surface area (Å²) in [5.74, 6) is -2.03. The largest absolute Gasteiger partial charge is 0.323 e. The fourth-order valence-corrected chi connectivity index (χ4v) is 3.20. The monoisotopic (exact) mass is 323 g/mol. The van der Waals surface area contributed by atoms with Crippen molar-refractivity contribution in [3.63, 3.8) is 0 Å². The molecule has 0 spiro atoms. The number of thioether (sulfide) groups is 1. The molecule has 3 rings (SSSR count). The van der Waals surface area contributed by atoms with Gasteiger partial charge in [0.15, 0.2) is 5.16 Å². The van der Waals surface area contributed by atoms with Crippen LogP contribution in [0.1, 0.15) is 0 Å². The number of carbonyl (C=O) groups excluding carboxylic acids is 1. The van der Waals surface area contributed by atoms with E-state index in [9.17, 15) is 18.4 Å². The smallest absolute Gasteiger partial charge is 0.254 e. The number of nitrogens with zero attached hydrogens (tertiary/aromatic N) is 2. The molecule has 1 unspecified atom stereocenters. The molecule has 0 saturated carbocycles. The Labute approximate surface area is 128 Å². The lowest BCUT2D eigenvalue weighted by molar-refractivity contribution is -0.119. The van der Waals surface area contributed by atoms with E-state index in [1.165, 1.54) is 34.7 Å². The fourth-order valence-electron chi connectivity index (χ4n) is 2.13. The minimum atomic E-state index is -0.837. The van der Waals surface area contributed by atoms with E-state index >= 15 is 0 Å². The van der Waals surface area contributed by atoms with Gasteiger partial charge in [-0.15, -0.1) is 0 Å². The summed E-state index contributed by atoms with van der Waals surface area (Å²) in [5, 5.41) is 2.99. The molecule has 1 aromatic carbocycles. The fraction of sp³-hybridized carbons (Fsp3) is 0.214. The lowest BCUT2D eigenvalue weighted by Crippen LogP contribution is -2.36. The first-order valence-corrected chi connectivity index (χ1v) is 7.48. The van der Waals surface area contributed by atoms with Crippen molar-refractivity contribution >= 4 is 23.4 Å². The van der Waals surface area contributed by atoms with Crippen LogP contribution >= 0.6 is 11.8 Å². The van der Waals surface area contributed by atoms with Gasteiger partial charge in [0.05, 0.1) is 11.6 Å². The number of anilines is 1. The van der Waals surface area contributed by atoms with Crippen molar-refractivity contribution in [2.24, 2.45) is 5.92 Å². The summed E-state index contributed by atoms with van der Waals surface area (Å²) in [6.07, 6.45) is 1.43. The van der Waals surface area contributed by atoms with Gasteiger partial charge in [0.2, 0.25) is 5.91 Å². The zero-order chi connectivity index (χ0) is 15.7. The zero-order valence-corrected chi connectivity index (χ0v) is 12.1. The summed E-state index contributed by atoms with van der Waals surface area (Å²) in [4.78, 5) is 28.0. The highest BCUT2D eigenvalue weighted by Crippen LogP contribution is 2.26. The van der Waals surface area contributed by atoms with E-state index < -0.39 is 23.5 Å². The summed E-state index contributed by atoms with van der Waals surface area (Å²) >= 11 is 1.29. The summed E-state index contributed by atoms with van der Waals surface area (Å²) in [5.41, 5.74) is -0.316. The number of carbonyl (C=O) groups is 1. The highest BCUT2D eigenvalue weighted by atomic mass is 32.2. The molecule has 0 fully saturated rings. The van der Waals surface area contributed by atoms with Gasteiger partial charge in [-0.3, -0.25) is 14.2 Å². The van der Waals surface area contributed by atoms with Gasteiger partial charge >= 0.3 is 0 Å². The predicted octanol–water partition coefficient (Wildman–Crippen LogP) is 1.88. The molecule has 114 valence electrons. The van der Waals surface area contributed by atoms with Crippen LogP contribution in [0.4, 0.5) is 14.5 Å². The molecule has 2 aromatic rings. The summed E-state index contributed by atoms with van der Waals surface area (Å²) < 4.78 is 27.8. The molecule has 2 heterocycles. The SMILES string of the molecule is O=C(Nc1ccc(F)cc1F)C1CSc2nccc(=O)n2C1. The van der Waals surface area contributed by atoms with Crippen LogP contribution in [-0.4, -0.2) is 21.2 Å². The second-order valence-corrected chi connectivity index (χ2v) is 5.78.